The highest BCUT2D eigenvalue weighted by Crippen LogP contribution is 2.35. The van der Waals surface area contributed by atoms with Gasteiger partial charge in [-0.25, -0.2) is 14.7 Å². The van der Waals surface area contributed by atoms with Crippen molar-refractivity contribution >= 4 is 17.7 Å². The Labute approximate surface area is 117 Å². The highest BCUT2D eigenvalue weighted by molar-refractivity contribution is 7.99. The number of rotatable bonds is 6. The first-order chi connectivity index (χ1) is 9.65. The van der Waals surface area contributed by atoms with Crippen molar-refractivity contribution in [1.29, 1.82) is 0 Å². The normalized spacial score (nSPS) is 14.6. The minimum atomic E-state index is -1.10. The van der Waals surface area contributed by atoms with E-state index in [1.165, 1.54) is 22.6 Å². The zero-order chi connectivity index (χ0) is 14.1. The number of nitrogens with one attached hydrogen (secondary N) is 1. The third-order valence-electron chi connectivity index (χ3n) is 2.89. The number of carbonyl (C=O) groups is 1. The highest BCUT2D eigenvalue weighted by Gasteiger charge is 2.28. The Hall–Kier alpha value is -2.10. The molecule has 1 aliphatic rings. The lowest BCUT2D eigenvalue weighted by Crippen LogP contribution is -2.16. The van der Waals surface area contributed by atoms with Crippen LogP contribution < -0.4 is 5.69 Å². The lowest BCUT2D eigenvalue weighted by molar-refractivity contribution is 0.0690. The standard InChI is InChI=1S/C10H12N6O3S/c17-8(18)7-5-15(14-11-7)3-4-20-10-13-12-9(19)16(10)6-1-2-6/h5-6H,1-4H2,(H,12,19)(H,17,18). The molecule has 0 saturated heterocycles. The Balaban J connectivity index is 1.59. The van der Waals surface area contributed by atoms with Crippen LogP contribution >= 0.6 is 11.8 Å². The van der Waals surface area contributed by atoms with E-state index in [2.05, 4.69) is 20.5 Å². The summed E-state index contributed by atoms with van der Waals surface area (Å²) in [4.78, 5) is 22.2. The number of hydrogen-bond acceptors (Lipinski definition) is 6. The van der Waals surface area contributed by atoms with E-state index in [1.54, 1.807) is 4.57 Å². The number of aryl methyl sites for hydroxylation is 1. The highest BCUT2D eigenvalue weighted by atomic mass is 32.2. The van der Waals surface area contributed by atoms with Crippen LogP contribution in [0.15, 0.2) is 16.1 Å². The molecule has 3 rings (SSSR count). The Morgan fingerprint density at radius 2 is 2.35 bits per heavy atom. The van der Waals surface area contributed by atoms with E-state index in [9.17, 15) is 9.59 Å². The molecule has 0 atom stereocenters. The van der Waals surface area contributed by atoms with E-state index >= 15 is 0 Å². The summed E-state index contributed by atoms with van der Waals surface area (Å²) in [6, 6.07) is 0.272. The molecule has 0 amide bonds. The predicted molar refractivity (Wildman–Crippen MR) is 68.8 cm³/mol. The number of carboxylic acid groups (broad SMARTS) is 1. The summed E-state index contributed by atoms with van der Waals surface area (Å²) in [6.07, 6.45) is 3.40. The number of aromatic nitrogens is 6. The Morgan fingerprint density at radius 3 is 3.00 bits per heavy atom. The number of hydrogen-bond donors (Lipinski definition) is 2. The summed E-state index contributed by atoms with van der Waals surface area (Å²) < 4.78 is 3.14. The molecule has 0 unspecified atom stereocenters. The van der Waals surface area contributed by atoms with Gasteiger partial charge >= 0.3 is 11.7 Å². The van der Waals surface area contributed by atoms with Crippen molar-refractivity contribution in [3.8, 4) is 0 Å². The Bertz CT molecular complexity index is 685. The van der Waals surface area contributed by atoms with Crippen LogP contribution in [0.1, 0.15) is 29.4 Å². The molecule has 9 nitrogen and oxygen atoms in total. The monoisotopic (exact) mass is 296 g/mol. The van der Waals surface area contributed by atoms with Gasteiger partial charge in [0.15, 0.2) is 10.9 Å². The molecule has 10 heteroatoms. The van der Waals surface area contributed by atoms with Gasteiger partial charge in [0.1, 0.15) is 0 Å². The second-order valence-corrected chi connectivity index (χ2v) is 5.50. The molecule has 1 aliphatic carbocycles. The fourth-order valence-corrected chi connectivity index (χ4v) is 2.73. The number of H-pyrrole nitrogens is 1. The third-order valence-corrected chi connectivity index (χ3v) is 3.83. The average Bonchev–Trinajstić information content (AvgIpc) is 3.00. The predicted octanol–water partition coefficient (Wildman–Crippen LogP) is -0.0117. The van der Waals surface area contributed by atoms with Crippen molar-refractivity contribution in [3.05, 3.63) is 22.4 Å². The van der Waals surface area contributed by atoms with E-state index in [4.69, 9.17) is 5.11 Å². The van der Waals surface area contributed by atoms with Gasteiger partial charge in [-0.3, -0.25) is 9.25 Å². The first-order valence-electron chi connectivity index (χ1n) is 6.08. The third kappa shape index (κ3) is 2.59. The van der Waals surface area contributed by atoms with Gasteiger partial charge < -0.3 is 5.11 Å². The molecule has 0 bridgehead atoms. The van der Waals surface area contributed by atoms with Crippen LogP contribution in [0.2, 0.25) is 0 Å². The smallest absolute Gasteiger partial charge is 0.358 e. The molecule has 0 spiro atoms. The number of nitrogens with zero attached hydrogens (tertiary/aromatic N) is 5. The number of aromatic amines is 1. The van der Waals surface area contributed by atoms with Crippen molar-refractivity contribution in [2.75, 3.05) is 5.75 Å². The molecular weight excluding hydrogens is 284 g/mol. The largest absolute Gasteiger partial charge is 0.476 e. The van der Waals surface area contributed by atoms with E-state index in [0.29, 0.717) is 17.5 Å². The quantitative estimate of drug-likeness (QED) is 0.719. The zero-order valence-electron chi connectivity index (χ0n) is 10.4. The van der Waals surface area contributed by atoms with Gasteiger partial charge in [-0.05, 0) is 12.8 Å². The van der Waals surface area contributed by atoms with Gasteiger partial charge in [0, 0.05) is 11.8 Å². The summed E-state index contributed by atoms with van der Waals surface area (Å²) in [5.41, 5.74) is -0.256. The van der Waals surface area contributed by atoms with E-state index in [1.807, 2.05) is 0 Å². The second kappa shape index (κ2) is 5.12. The molecule has 1 fully saturated rings. The topological polar surface area (TPSA) is 119 Å². The number of thioether (sulfide) groups is 1. The maximum Gasteiger partial charge on any atom is 0.358 e. The van der Waals surface area contributed by atoms with Gasteiger partial charge in [0.2, 0.25) is 0 Å². The fraction of sp³-hybridized carbons (Fsp3) is 0.500. The van der Waals surface area contributed by atoms with Crippen LogP contribution in [0.4, 0.5) is 0 Å². The summed E-state index contributed by atoms with van der Waals surface area (Å²) in [5, 5.41) is 23.1. The first kappa shape index (κ1) is 12.9. The van der Waals surface area contributed by atoms with Crippen molar-refractivity contribution in [3.63, 3.8) is 0 Å². The molecule has 2 aromatic rings. The van der Waals surface area contributed by atoms with Gasteiger partial charge in [0.25, 0.3) is 0 Å². The minimum Gasteiger partial charge on any atom is -0.476 e. The van der Waals surface area contributed by atoms with Gasteiger partial charge in [0.05, 0.1) is 12.7 Å². The van der Waals surface area contributed by atoms with Crippen molar-refractivity contribution in [2.45, 2.75) is 30.6 Å². The molecule has 0 aliphatic heterocycles. The van der Waals surface area contributed by atoms with Crippen LogP contribution in [0.25, 0.3) is 0 Å². The van der Waals surface area contributed by atoms with Crippen LogP contribution in [0, 0.1) is 0 Å². The molecule has 2 aromatic heterocycles. The summed E-state index contributed by atoms with van der Waals surface area (Å²) in [7, 11) is 0. The molecule has 106 valence electrons. The second-order valence-electron chi connectivity index (χ2n) is 4.43. The van der Waals surface area contributed by atoms with Crippen LogP contribution in [0.3, 0.4) is 0 Å². The molecule has 2 heterocycles. The van der Waals surface area contributed by atoms with E-state index in [-0.39, 0.29) is 17.4 Å². The SMILES string of the molecule is O=C(O)c1cn(CCSc2n[nH]c(=O)n2C2CC2)nn1. The van der Waals surface area contributed by atoms with Crippen LogP contribution in [0.5, 0.6) is 0 Å². The number of carboxylic acids is 1. The molecular formula is C10H12N6O3S. The lowest BCUT2D eigenvalue weighted by atomic mass is 10.5. The van der Waals surface area contributed by atoms with Crippen molar-refractivity contribution in [1.82, 2.24) is 29.8 Å². The number of aromatic carboxylic acids is 1. The molecule has 0 radical (unpaired) electrons. The zero-order valence-corrected chi connectivity index (χ0v) is 11.2. The molecule has 1 saturated carbocycles. The fourth-order valence-electron chi connectivity index (χ4n) is 1.78. The first-order valence-corrected chi connectivity index (χ1v) is 7.07. The Kier molecular flexibility index (Phi) is 3.30. The van der Waals surface area contributed by atoms with Gasteiger partial charge in [-0.1, -0.05) is 17.0 Å². The van der Waals surface area contributed by atoms with Crippen LogP contribution in [-0.4, -0.2) is 46.6 Å². The molecule has 20 heavy (non-hydrogen) atoms. The van der Waals surface area contributed by atoms with Crippen molar-refractivity contribution in [2.24, 2.45) is 0 Å². The average molecular weight is 296 g/mol. The van der Waals surface area contributed by atoms with Crippen molar-refractivity contribution < 1.29 is 9.90 Å². The van der Waals surface area contributed by atoms with Gasteiger partial charge in [-0.2, -0.15) is 0 Å². The summed E-state index contributed by atoms with van der Waals surface area (Å²) >= 11 is 1.43. The van der Waals surface area contributed by atoms with Crippen LogP contribution in [-0.2, 0) is 6.54 Å². The van der Waals surface area contributed by atoms with Gasteiger partial charge in [-0.15, -0.1) is 10.2 Å². The van der Waals surface area contributed by atoms with E-state index in [0.717, 1.165) is 12.8 Å². The van der Waals surface area contributed by atoms with E-state index < -0.39 is 5.97 Å². The minimum absolute atomic E-state index is 0.0790. The lowest BCUT2D eigenvalue weighted by Gasteiger charge is -2.02. The molecule has 0 aromatic carbocycles. The Morgan fingerprint density at radius 1 is 1.55 bits per heavy atom. The summed E-state index contributed by atoms with van der Waals surface area (Å²) in [6.45, 7) is 0.497. The maximum absolute atomic E-state index is 11.6. The maximum atomic E-state index is 11.6. The summed E-state index contributed by atoms with van der Waals surface area (Å²) in [5.74, 6) is -0.474. The molecule has 2 N–H and O–H groups in total.